The molecule has 1 aromatic carbocycles. The molecular weight excluding hydrogens is 527 g/mol. The second-order valence-electron chi connectivity index (χ2n) is 9.15. The predicted molar refractivity (Wildman–Crippen MR) is 131 cm³/mol. The van der Waals surface area contributed by atoms with Crippen molar-refractivity contribution in [3.05, 3.63) is 74.2 Å². The predicted octanol–water partition coefficient (Wildman–Crippen LogP) is 4.21. The van der Waals surface area contributed by atoms with Gasteiger partial charge < -0.3 is 18.9 Å². The molecule has 2 aliphatic rings. The highest BCUT2D eigenvalue weighted by Crippen LogP contribution is 2.34. The lowest BCUT2D eigenvalue weighted by Gasteiger charge is -2.30. The van der Waals surface area contributed by atoms with E-state index in [1.54, 1.807) is 0 Å². The Labute approximate surface area is 220 Å². The van der Waals surface area contributed by atoms with Crippen LogP contribution in [0.15, 0.2) is 35.3 Å². The Kier molecular flexibility index (Phi) is 7.19. The first-order valence-electron chi connectivity index (χ1n) is 12.1. The monoisotopic (exact) mass is 551 g/mol. The molecule has 0 amide bonds. The highest BCUT2D eigenvalue weighted by Gasteiger charge is 2.35. The van der Waals surface area contributed by atoms with Gasteiger partial charge in [0.25, 0.3) is 5.56 Å². The Morgan fingerprint density at radius 2 is 2.05 bits per heavy atom. The molecule has 2 aliphatic heterocycles. The Morgan fingerprint density at radius 1 is 1.26 bits per heavy atom. The van der Waals surface area contributed by atoms with Crippen LogP contribution in [0.3, 0.4) is 0 Å². The van der Waals surface area contributed by atoms with Gasteiger partial charge in [0.2, 0.25) is 5.82 Å². The molecule has 2 aromatic heterocycles. The fourth-order valence-corrected chi connectivity index (χ4v) is 5.20. The lowest BCUT2D eigenvalue weighted by atomic mass is 10.1. The Bertz CT molecular complexity index is 1410. The number of carbonyl (C=O) groups excluding carboxylic acids is 1. The summed E-state index contributed by atoms with van der Waals surface area (Å²) in [4.78, 5) is 31.7. The van der Waals surface area contributed by atoms with Crippen molar-refractivity contribution in [1.82, 2.24) is 19.3 Å². The van der Waals surface area contributed by atoms with Crippen molar-refractivity contribution in [3.63, 3.8) is 0 Å². The number of benzene rings is 1. The van der Waals surface area contributed by atoms with Crippen LogP contribution < -0.4 is 10.5 Å². The van der Waals surface area contributed by atoms with Crippen LogP contribution in [-0.4, -0.2) is 45.6 Å². The number of nitrogens with zero attached hydrogens (tertiary/aromatic N) is 5. The summed E-state index contributed by atoms with van der Waals surface area (Å²) in [7, 11) is 1.19. The van der Waals surface area contributed by atoms with Crippen LogP contribution in [0, 0.1) is 0 Å². The molecule has 0 bridgehead atoms. The van der Waals surface area contributed by atoms with Gasteiger partial charge in [-0.2, -0.15) is 23.0 Å². The molecule has 3 aromatic rings. The van der Waals surface area contributed by atoms with Gasteiger partial charge in [-0.15, -0.1) is 0 Å². The molecule has 9 nitrogen and oxygen atoms in total. The van der Waals surface area contributed by atoms with Crippen molar-refractivity contribution in [2.24, 2.45) is 0 Å². The van der Waals surface area contributed by atoms with Gasteiger partial charge in [-0.05, 0) is 30.9 Å². The number of rotatable bonds is 5. The number of carbonyl (C=O) groups is 1. The van der Waals surface area contributed by atoms with Crippen LogP contribution in [0.2, 0.25) is 5.02 Å². The minimum atomic E-state index is -4.55. The number of halogens is 4. The summed E-state index contributed by atoms with van der Waals surface area (Å²) in [5, 5.41) is 4.28. The highest BCUT2D eigenvalue weighted by molar-refractivity contribution is 6.33. The summed E-state index contributed by atoms with van der Waals surface area (Å²) < 4.78 is 54.1. The number of methoxy groups -OCH3 is 1. The SMILES string of the molecule is COC(=O)c1nc2c(n1Cc1ccccc1C(F)(F)F)CCN(c1cnn(C3CCCCO3)c(=O)c1Cl)C2. The summed E-state index contributed by atoms with van der Waals surface area (Å²) >= 11 is 6.48. The third kappa shape index (κ3) is 4.90. The first-order chi connectivity index (χ1) is 18.2. The van der Waals surface area contributed by atoms with Crippen LogP contribution in [0.25, 0.3) is 0 Å². The number of alkyl halides is 3. The van der Waals surface area contributed by atoms with E-state index in [0.717, 1.165) is 18.9 Å². The lowest BCUT2D eigenvalue weighted by molar-refractivity contribution is -0.138. The second-order valence-corrected chi connectivity index (χ2v) is 9.53. The topological polar surface area (TPSA) is 91.5 Å². The molecule has 0 aliphatic carbocycles. The van der Waals surface area contributed by atoms with E-state index in [4.69, 9.17) is 21.1 Å². The molecule has 0 N–H and O–H groups in total. The maximum absolute atomic E-state index is 13.6. The standard InChI is InChI=1S/C25H25ClF3N5O4/c1-37-24(36)22-31-17-14-32(19-12-30-34(23(35)21(19)26)20-8-4-5-11-38-20)10-9-18(17)33(22)13-15-6-2-3-7-16(15)25(27,28)29/h2-3,6-7,12,20H,4-5,8-11,13-14H2,1H3. The van der Waals surface area contributed by atoms with E-state index in [9.17, 15) is 22.8 Å². The average molecular weight is 552 g/mol. The maximum atomic E-state index is 13.6. The number of hydrogen-bond acceptors (Lipinski definition) is 7. The number of fused-ring (bicyclic) bond motifs is 1. The minimum Gasteiger partial charge on any atom is -0.463 e. The van der Waals surface area contributed by atoms with Crippen molar-refractivity contribution in [3.8, 4) is 0 Å². The Balaban J connectivity index is 1.47. The van der Waals surface area contributed by atoms with Crippen molar-refractivity contribution in [2.45, 2.75) is 51.2 Å². The molecule has 1 unspecified atom stereocenters. The molecular formula is C25H25ClF3N5O4. The first-order valence-corrected chi connectivity index (χ1v) is 12.5. The third-order valence-electron chi connectivity index (χ3n) is 6.83. The molecule has 1 fully saturated rings. The molecule has 0 radical (unpaired) electrons. The second kappa shape index (κ2) is 10.4. The summed E-state index contributed by atoms with van der Waals surface area (Å²) in [6.45, 7) is 0.900. The zero-order chi connectivity index (χ0) is 27.0. The number of hydrogen-bond donors (Lipinski definition) is 0. The highest BCUT2D eigenvalue weighted by atomic mass is 35.5. The van der Waals surface area contributed by atoms with Gasteiger partial charge >= 0.3 is 12.1 Å². The Hall–Kier alpha value is -3.38. The van der Waals surface area contributed by atoms with E-state index < -0.39 is 29.5 Å². The number of anilines is 1. The van der Waals surface area contributed by atoms with E-state index in [2.05, 4.69) is 10.1 Å². The van der Waals surface area contributed by atoms with E-state index in [1.807, 2.05) is 4.90 Å². The normalized spacial score (nSPS) is 17.8. The number of aromatic nitrogens is 4. The van der Waals surface area contributed by atoms with Gasteiger partial charge in [0, 0.05) is 25.3 Å². The van der Waals surface area contributed by atoms with Gasteiger partial charge in [0.05, 0.1) is 43.3 Å². The van der Waals surface area contributed by atoms with Crippen LogP contribution in [-0.2, 0) is 35.2 Å². The average Bonchev–Trinajstić information content (AvgIpc) is 3.27. The van der Waals surface area contributed by atoms with Gasteiger partial charge in [-0.25, -0.2) is 9.78 Å². The summed E-state index contributed by atoms with van der Waals surface area (Å²) in [6.07, 6.45) is -0.648. The number of imidazole rings is 1. The molecule has 0 saturated carbocycles. The van der Waals surface area contributed by atoms with Gasteiger partial charge in [-0.3, -0.25) is 4.79 Å². The van der Waals surface area contributed by atoms with E-state index >= 15 is 0 Å². The molecule has 4 heterocycles. The van der Waals surface area contributed by atoms with Crippen molar-refractivity contribution < 1.29 is 27.4 Å². The smallest absolute Gasteiger partial charge is 0.416 e. The fraction of sp³-hybridized carbons (Fsp3) is 0.440. The van der Waals surface area contributed by atoms with E-state index in [1.165, 1.54) is 40.8 Å². The zero-order valence-electron chi connectivity index (χ0n) is 20.5. The number of ether oxygens (including phenoxy) is 2. The molecule has 38 heavy (non-hydrogen) atoms. The van der Waals surface area contributed by atoms with Gasteiger partial charge in [-0.1, -0.05) is 29.8 Å². The van der Waals surface area contributed by atoms with Crippen LogP contribution in [0.4, 0.5) is 18.9 Å². The number of esters is 1. The summed E-state index contributed by atoms with van der Waals surface area (Å²) in [6, 6.07) is 5.22. The molecule has 13 heteroatoms. The largest absolute Gasteiger partial charge is 0.463 e. The third-order valence-corrected chi connectivity index (χ3v) is 7.18. The van der Waals surface area contributed by atoms with Crippen LogP contribution in [0.1, 0.15) is 58.6 Å². The lowest BCUT2D eigenvalue weighted by Crippen LogP contribution is -2.36. The minimum absolute atomic E-state index is 0.00793. The Morgan fingerprint density at radius 3 is 2.76 bits per heavy atom. The molecule has 5 rings (SSSR count). The van der Waals surface area contributed by atoms with Crippen molar-refractivity contribution in [1.29, 1.82) is 0 Å². The summed E-state index contributed by atoms with van der Waals surface area (Å²) in [5.41, 5.74) is 0.269. The summed E-state index contributed by atoms with van der Waals surface area (Å²) in [5.74, 6) is -0.851. The van der Waals surface area contributed by atoms with Crippen LogP contribution >= 0.6 is 11.6 Å². The van der Waals surface area contributed by atoms with E-state index in [0.29, 0.717) is 43.1 Å². The fourth-order valence-electron chi connectivity index (χ4n) is 4.95. The maximum Gasteiger partial charge on any atom is 0.416 e. The zero-order valence-corrected chi connectivity index (χ0v) is 21.3. The van der Waals surface area contributed by atoms with Gasteiger partial charge in [0.1, 0.15) is 5.02 Å². The molecule has 1 saturated heterocycles. The van der Waals surface area contributed by atoms with Crippen LogP contribution in [0.5, 0.6) is 0 Å². The van der Waals surface area contributed by atoms with E-state index in [-0.39, 0.29) is 29.5 Å². The molecule has 1 atom stereocenters. The molecule has 202 valence electrons. The quantitative estimate of drug-likeness (QED) is 0.439. The first kappa shape index (κ1) is 26.2. The molecule has 0 spiro atoms. The van der Waals surface area contributed by atoms with Crippen molar-refractivity contribution in [2.75, 3.05) is 25.2 Å². The van der Waals surface area contributed by atoms with Crippen molar-refractivity contribution >= 4 is 23.3 Å². The van der Waals surface area contributed by atoms with Gasteiger partial charge in [0.15, 0.2) is 6.23 Å².